The van der Waals surface area contributed by atoms with Gasteiger partial charge >= 0.3 is 5.97 Å². The number of halogens is 2. The number of benzene rings is 1. The molecule has 0 saturated carbocycles. The van der Waals surface area contributed by atoms with E-state index >= 15 is 0 Å². The first-order valence-electron chi connectivity index (χ1n) is 6.24. The fourth-order valence-electron chi connectivity index (χ4n) is 1.39. The number of esters is 1. The first kappa shape index (κ1) is 16.8. The molecular weight excluding hydrogens is 301 g/mol. The minimum atomic E-state index is -0.506. The maximum atomic E-state index is 11.6. The van der Waals surface area contributed by atoms with E-state index in [2.05, 4.69) is 5.32 Å². The van der Waals surface area contributed by atoms with Gasteiger partial charge in [0.15, 0.2) is 6.61 Å². The van der Waals surface area contributed by atoms with Gasteiger partial charge in [0.25, 0.3) is 5.91 Å². The second-order valence-electron chi connectivity index (χ2n) is 4.77. The van der Waals surface area contributed by atoms with Crippen molar-refractivity contribution in [3.8, 4) is 0 Å². The van der Waals surface area contributed by atoms with Crippen LogP contribution in [-0.2, 0) is 20.7 Å². The fourth-order valence-corrected chi connectivity index (χ4v) is 1.86. The molecule has 1 rings (SSSR count). The number of carbonyl (C=O) groups excluding carboxylic acids is 2. The zero-order valence-corrected chi connectivity index (χ0v) is 12.9. The van der Waals surface area contributed by atoms with Crippen LogP contribution in [-0.4, -0.2) is 25.0 Å². The third-order valence-corrected chi connectivity index (χ3v) is 3.01. The molecule has 0 aliphatic carbocycles. The lowest BCUT2D eigenvalue weighted by molar-refractivity contribution is -0.147. The first-order chi connectivity index (χ1) is 9.38. The van der Waals surface area contributed by atoms with Crippen molar-refractivity contribution in [2.45, 2.75) is 20.3 Å². The van der Waals surface area contributed by atoms with Gasteiger partial charge in [0.2, 0.25) is 0 Å². The Morgan fingerprint density at radius 3 is 2.60 bits per heavy atom. The van der Waals surface area contributed by atoms with Crippen LogP contribution >= 0.6 is 23.2 Å². The third-order valence-electron chi connectivity index (χ3n) is 2.42. The smallest absolute Gasteiger partial charge is 0.310 e. The quantitative estimate of drug-likeness (QED) is 0.821. The van der Waals surface area contributed by atoms with Crippen LogP contribution in [0.5, 0.6) is 0 Å². The summed E-state index contributed by atoms with van der Waals surface area (Å²) in [5, 5.41) is 3.56. The van der Waals surface area contributed by atoms with Crippen LogP contribution in [0.4, 0.5) is 0 Å². The molecule has 1 aromatic carbocycles. The summed E-state index contributed by atoms with van der Waals surface area (Å²) in [7, 11) is 0. The lowest BCUT2D eigenvalue weighted by Gasteiger charge is -2.09. The minimum absolute atomic E-state index is 0.00740. The summed E-state index contributed by atoms with van der Waals surface area (Å²) in [5.74, 6) is -0.467. The summed E-state index contributed by atoms with van der Waals surface area (Å²) >= 11 is 11.7. The Balaban J connectivity index is 2.38. The highest BCUT2D eigenvalue weighted by molar-refractivity contribution is 6.35. The molecule has 0 saturated heterocycles. The van der Waals surface area contributed by atoms with Crippen LogP contribution in [0.3, 0.4) is 0 Å². The number of hydrogen-bond acceptors (Lipinski definition) is 3. The molecule has 0 aliphatic rings. The number of rotatable bonds is 6. The van der Waals surface area contributed by atoms with E-state index in [4.69, 9.17) is 27.9 Å². The van der Waals surface area contributed by atoms with E-state index in [1.165, 1.54) is 0 Å². The third kappa shape index (κ3) is 6.26. The number of carbonyl (C=O) groups is 2. The van der Waals surface area contributed by atoms with Crippen molar-refractivity contribution in [2.75, 3.05) is 13.2 Å². The Morgan fingerprint density at radius 2 is 2.00 bits per heavy atom. The van der Waals surface area contributed by atoms with Gasteiger partial charge in [0.1, 0.15) is 0 Å². The van der Waals surface area contributed by atoms with E-state index in [1.807, 2.05) is 13.8 Å². The van der Waals surface area contributed by atoms with Gasteiger partial charge in [0, 0.05) is 16.6 Å². The predicted octanol–water partition coefficient (Wildman–Crippen LogP) is 2.85. The Kier molecular flexibility index (Phi) is 6.82. The van der Waals surface area contributed by atoms with Crippen LogP contribution in [0.2, 0.25) is 10.0 Å². The molecular formula is C14H17Cl2NO3. The molecule has 0 aliphatic heterocycles. The zero-order valence-electron chi connectivity index (χ0n) is 11.4. The van der Waals surface area contributed by atoms with Gasteiger partial charge in [0.05, 0.1) is 6.42 Å². The molecule has 6 heteroatoms. The van der Waals surface area contributed by atoms with Crippen molar-refractivity contribution in [2.24, 2.45) is 5.92 Å². The summed E-state index contributed by atoms with van der Waals surface area (Å²) in [6.07, 6.45) is 0.00740. The first-order valence-corrected chi connectivity index (χ1v) is 7.00. The lowest BCUT2D eigenvalue weighted by atomic mass is 10.1. The van der Waals surface area contributed by atoms with Crippen molar-refractivity contribution >= 4 is 35.1 Å². The SMILES string of the molecule is CC(C)CNC(=O)COC(=O)Cc1ccc(Cl)cc1Cl. The second kappa shape index (κ2) is 8.12. The lowest BCUT2D eigenvalue weighted by Crippen LogP contribution is -2.31. The summed E-state index contributed by atoms with van der Waals surface area (Å²) in [5.41, 5.74) is 0.614. The van der Waals surface area contributed by atoms with Crippen molar-refractivity contribution in [1.29, 1.82) is 0 Å². The highest BCUT2D eigenvalue weighted by Crippen LogP contribution is 2.21. The zero-order chi connectivity index (χ0) is 15.1. The molecule has 0 unspecified atom stereocenters. The molecule has 1 amide bonds. The van der Waals surface area contributed by atoms with Crippen molar-refractivity contribution in [1.82, 2.24) is 5.32 Å². The van der Waals surface area contributed by atoms with E-state index < -0.39 is 5.97 Å². The molecule has 110 valence electrons. The summed E-state index contributed by atoms with van der Waals surface area (Å²) in [6.45, 7) is 4.24. The maximum absolute atomic E-state index is 11.6. The van der Waals surface area contributed by atoms with E-state index in [9.17, 15) is 9.59 Å². The molecule has 0 spiro atoms. The Morgan fingerprint density at radius 1 is 1.30 bits per heavy atom. The molecule has 0 radical (unpaired) electrons. The van der Waals surface area contributed by atoms with Gasteiger partial charge in [-0.25, -0.2) is 0 Å². The second-order valence-corrected chi connectivity index (χ2v) is 5.61. The van der Waals surface area contributed by atoms with E-state index in [0.717, 1.165) is 0 Å². The fraction of sp³-hybridized carbons (Fsp3) is 0.429. The van der Waals surface area contributed by atoms with Gasteiger partial charge in [-0.15, -0.1) is 0 Å². The molecule has 0 bridgehead atoms. The van der Waals surface area contributed by atoms with Gasteiger partial charge < -0.3 is 10.1 Å². The van der Waals surface area contributed by atoms with Crippen molar-refractivity contribution in [3.63, 3.8) is 0 Å². The molecule has 0 aromatic heterocycles. The Bertz CT molecular complexity index is 489. The molecule has 0 fully saturated rings. The molecule has 1 N–H and O–H groups in total. The van der Waals surface area contributed by atoms with Gasteiger partial charge in [-0.1, -0.05) is 43.1 Å². The summed E-state index contributed by atoms with van der Waals surface area (Å²) in [4.78, 5) is 23.0. The summed E-state index contributed by atoms with van der Waals surface area (Å²) in [6, 6.07) is 4.86. The largest absolute Gasteiger partial charge is 0.455 e. The predicted molar refractivity (Wildman–Crippen MR) is 79.0 cm³/mol. The Hall–Kier alpha value is -1.26. The molecule has 4 nitrogen and oxygen atoms in total. The highest BCUT2D eigenvalue weighted by Gasteiger charge is 2.11. The number of nitrogens with one attached hydrogen (secondary N) is 1. The monoisotopic (exact) mass is 317 g/mol. The maximum Gasteiger partial charge on any atom is 0.310 e. The average molecular weight is 318 g/mol. The standard InChI is InChI=1S/C14H17Cl2NO3/c1-9(2)7-17-13(18)8-20-14(19)5-10-3-4-11(15)6-12(10)16/h3-4,6,9H,5,7-8H2,1-2H3,(H,17,18). The van der Waals surface area contributed by atoms with Crippen LogP contribution in [0, 0.1) is 5.92 Å². The van der Waals surface area contributed by atoms with Gasteiger partial charge in [-0.05, 0) is 23.6 Å². The Labute approximate surface area is 128 Å². The molecule has 20 heavy (non-hydrogen) atoms. The van der Waals surface area contributed by atoms with Crippen molar-refractivity contribution < 1.29 is 14.3 Å². The number of hydrogen-bond donors (Lipinski definition) is 1. The van der Waals surface area contributed by atoms with Crippen LogP contribution in [0.15, 0.2) is 18.2 Å². The van der Waals surface area contributed by atoms with Gasteiger partial charge in [-0.2, -0.15) is 0 Å². The van der Waals surface area contributed by atoms with Crippen LogP contribution in [0.25, 0.3) is 0 Å². The molecule has 0 heterocycles. The van der Waals surface area contributed by atoms with E-state index in [-0.39, 0.29) is 18.9 Å². The van der Waals surface area contributed by atoms with Crippen LogP contribution in [0.1, 0.15) is 19.4 Å². The minimum Gasteiger partial charge on any atom is -0.455 e. The van der Waals surface area contributed by atoms with Crippen LogP contribution < -0.4 is 5.32 Å². The number of ether oxygens (including phenoxy) is 1. The van der Waals surface area contributed by atoms with Crippen molar-refractivity contribution in [3.05, 3.63) is 33.8 Å². The number of amides is 1. The molecule has 1 aromatic rings. The molecule has 0 atom stereocenters. The van der Waals surface area contributed by atoms with Gasteiger partial charge in [-0.3, -0.25) is 9.59 Å². The topological polar surface area (TPSA) is 55.4 Å². The summed E-state index contributed by atoms with van der Waals surface area (Å²) < 4.78 is 4.88. The van der Waals surface area contributed by atoms with E-state index in [1.54, 1.807) is 18.2 Å². The normalized spacial score (nSPS) is 10.4. The van der Waals surface area contributed by atoms with E-state index in [0.29, 0.717) is 28.1 Å². The average Bonchev–Trinajstić information content (AvgIpc) is 2.37. The highest BCUT2D eigenvalue weighted by atomic mass is 35.5.